The van der Waals surface area contributed by atoms with E-state index in [2.05, 4.69) is 33.7 Å². The van der Waals surface area contributed by atoms with Crippen molar-refractivity contribution in [1.82, 2.24) is 19.9 Å². The Labute approximate surface area is 145 Å². The second-order valence-electron chi connectivity index (χ2n) is 6.20. The van der Waals surface area contributed by atoms with Crippen molar-refractivity contribution in [3.8, 4) is 22.5 Å². The minimum absolute atomic E-state index is 0.143. The number of hydrogen-bond donors (Lipinski definition) is 0. The Kier molecular flexibility index (Phi) is 4.15. The number of rotatable bonds is 3. The molecule has 0 N–H and O–H groups in total. The van der Waals surface area contributed by atoms with Crippen molar-refractivity contribution in [2.45, 2.75) is 26.1 Å². The molecule has 0 saturated carbocycles. The van der Waals surface area contributed by atoms with Crippen molar-refractivity contribution in [2.24, 2.45) is 0 Å². The molecule has 25 heavy (non-hydrogen) atoms. The fourth-order valence-corrected chi connectivity index (χ4v) is 3.11. The van der Waals surface area contributed by atoms with Gasteiger partial charge < -0.3 is 14.1 Å². The molecule has 4 rings (SSSR count). The van der Waals surface area contributed by atoms with E-state index >= 15 is 0 Å². The predicted octanol–water partition coefficient (Wildman–Crippen LogP) is 2.81. The molecule has 0 radical (unpaired) electrons. The monoisotopic (exact) mass is 337 g/mol. The van der Waals surface area contributed by atoms with Crippen LogP contribution in [-0.4, -0.2) is 45.2 Å². The highest BCUT2D eigenvalue weighted by molar-refractivity contribution is 5.78. The van der Waals surface area contributed by atoms with Crippen LogP contribution in [0.2, 0.25) is 0 Å². The highest BCUT2D eigenvalue weighted by atomic mass is 16.5. The van der Waals surface area contributed by atoms with Crippen LogP contribution in [0.5, 0.6) is 0 Å². The van der Waals surface area contributed by atoms with E-state index in [1.165, 1.54) is 0 Å². The minimum atomic E-state index is 0.143. The van der Waals surface area contributed by atoms with Crippen LogP contribution in [0.1, 0.15) is 13.8 Å². The molecule has 1 aliphatic heterocycles. The van der Waals surface area contributed by atoms with Crippen LogP contribution in [0.15, 0.2) is 47.8 Å². The Morgan fingerprint density at radius 1 is 1.08 bits per heavy atom. The Hall–Kier alpha value is -2.80. The van der Waals surface area contributed by atoms with Crippen molar-refractivity contribution in [3.05, 3.63) is 43.4 Å². The van der Waals surface area contributed by atoms with Crippen molar-refractivity contribution >= 4 is 5.95 Å². The lowest BCUT2D eigenvalue weighted by atomic mass is 10.1. The highest BCUT2D eigenvalue weighted by Crippen LogP contribution is 2.30. The van der Waals surface area contributed by atoms with Gasteiger partial charge in [-0.05, 0) is 19.9 Å². The average Bonchev–Trinajstić information content (AvgIpc) is 3.16. The molecule has 1 fully saturated rings. The number of aromatic nitrogens is 4. The summed E-state index contributed by atoms with van der Waals surface area (Å²) in [5.41, 5.74) is 3.23. The molecule has 4 heterocycles. The summed E-state index contributed by atoms with van der Waals surface area (Å²) in [5, 5.41) is 0. The smallest absolute Gasteiger partial charge is 0.226 e. The number of nitrogens with zero attached hydrogens (tertiary/aromatic N) is 5. The number of anilines is 1. The quantitative estimate of drug-likeness (QED) is 0.727. The number of ether oxygens (including phenoxy) is 1. The molecule has 0 amide bonds. The maximum Gasteiger partial charge on any atom is 0.226 e. The second-order valence-corrected chi connectivity index (χ2v) is 6.20. The molecule has 1 saturated heterocycles. The van der Waals surface area contributed by atoms with Gasteiger partial charge in [0.15, 0.2) is 0 Å². The summed E-state index contributed by atoms with van der Waals surface area (Å²) in [5.74, 6) is 0.686. The van der Waals surface area contributed by atoms with Crippen molar-refractivity contribution < 1.29 is 9.15 Å². The third-order valence-electron chi connectivity index (χ3n) is 4.11. The lowest BCUT2D eigenvalue weighted by Gasteiger charge is -2.35. The Morgan fingerprint density at radius 3 is 2.60 bits per heavy atom. The van der Waals surface area contributed by atoms with E-state index in [-0.39, 0.29) is 12.2 Å². The van der Waals surface area contributed by atoms with Crippen LogP contribution in [-0.2, 0) is 4.74 Å². The number of morpholine rings is 1. The first-order chi connectivity index (χ1) is 12.2. The molecule has 7 nitrogen and oxygen atoms in total. The maximum absolute atomic E-state index is 5.80. The molecular weight excluding hydrogens is 318 g/mol. The Bertz CT molecular complexity index is 828. The topological polar surface area (TPSA) is 77.2 Å². The minimum Gasteiger partial charge on any atom is -0.472 e. The van der Waals surface area contributed by atoms with Gasteiger partial charge in [0.2, 0.25) is 5.95 Å². The van der Waals surface area contributed by atoms with Gasteiger partial charge in [-0.1, -0.05) is 0 Å². The van der Waals surface area contributed by atoms with E-state index in [0.29, 0.717) is 5.95 Å². The standard InChI is InChI=1S/C18H19N5O2/c1-12-9-23(10-13(2)25-12)18-21-7-15(16-8-19-4-5-20-16)17(22-18)14-3-6-24-11-14/h3-8,11-13H,9-10H2,1-2H3/t12-,13+. The van der Waals surface area contributed by atoms with Gasteiger partial charge in [-0.3, -0.25) is 9.97 Å². The lowest BCUT2D eigenvalue weighted by Crippen LogP contribution is -2.46. The van der Waals surface area contributed by atoms with Gasteiger partial charge in [-0.25, -0.2) is 9.97 Å². The van der Waals surface area contributed by atoms with Gasteiger partial charge in [0.25, 0.3) is 0 Å². The number of hydrogen-bond acceptors (Lipinski definition) is 7. The van der Waals surface area contributed by atoms with Gasteiger partial charge in [-0.15, -0.1) is 0 Å². The first-order valence-corrected chi connectivity index (χ1v) is 8.27. The molecule has 0 spiro atoms. The normalized spacial score (nSPS) is 20.6. The Balaban J connectivity index is 1.78. The van der Waals surface area contributed by atoms with Crippen molar-refractivity contribution in [3.63, 3.8) is 0 Å². The third-order valence-corrected chi connectivity index (χ3v) is 4.11. The summed E-state index contributed by atoms with van der Waals surface area (Å²) < 4.78 is 11.1. The fourth-order valence-electron chi connectivity index (χ4n) is 3.11. The summed E-state index contributed by atoms with van der Waals surface area (Å²) in [6, 6.07) is 1.89. The summed E-state index contributed by atoms with van der Waals surface area (Å²) in [4.78, 5) is 20.1. The third kappa shape index (κ3) is 3.23. The first-order valence-electron chi connectivity index (χ1n) is 8.27. The van der Waals surface area contributed by atoms with Gasteiger partial charge >= 0.3 is 0 Å². The van der Waals surface area contributed by atoms with Gasteiger partial charge in [0.05, 0.1) is 42.3 Å². The maximum atomic E-state index is 5.80. The van der Waals surface area contributed by atoms with Gasteiger partial charge in [0.1, 0.15) is 0 Å². The largest absolute Gasteiger partial charge is 0.472 e. The van der Waals surface area contributed by atoms with Crippen molar-refractivity contribution in [2.75, 3.05) is 18.0 Å². The summed E-state index contributed by atoms with van der Waals surface area (Å²) in [6.07, 6.45) is 10.4. The van der Waals surface area contributed by atoms with Gasteiger partial charge in [0, 0.05) is 42.8 Å². The fraction of sp³-hybridized carbons (Fsp3) is 0.333. The van der Waals surface area contributed by atoms with E-state index in [9.17, 15) is 0 Å². The van der Waals surface area contributed by atoms with Crippen LogP contribution < -0.4 is 4.90 Å². The van der Waals surface area contributed by atoms with E-state index in [0.717, 1.165) is 35.6 Å². The summed E-state index contributed by atoms with van der Waals surface area (Å²) in [6.45, 7) is 5.65. The first kappa shape index (κ1) is 15.7. The SMILES string of the molecule is C[C@@H]1CN(c2ncc(-c3cnccn3)c(-c3ccoc3)n2)C[C@H](C)O1. The van der Waals surface area contributed by atoms with Crippen LogP contribution in [0.25, 0.3) is 22.5 Å². The summed E-state index contributed by atoms with van der Waals surface area (Å²) >= 11 is 0. The zero-order valence-electron chi connectivity index (χ0n) is 14.2. The van der Waals surface area contributed by atoms with Crippen LogP contribution in [0.3, 0.4) is 0 Å². The molecule has 3 aromatic heterocycles. The zero-order valence-corrected chi connectivity index (χ0v) is 14.2. The zero-order chi connectivity index (χ0) is 17.2. The highest BCUT2D eigenvalue weighted by Gasteiger charge is 2.25. The number of furan rings is 1. The average molecular weight is 337 g/mol. The van der Waals surface area contributed by atoms with Crippen LogP contribution in [0.4, 0.5) is 5.95 Å². The molecule has 0 aliphatic carbocycles. The lowest BCUT2D eigenvalue weighted by molar-refractivity contribution is -0.00571. The second kappa shape index (κ2) is 6.60. The van der Waals surface area contributed by atoms with E-state index in [4.69, 9.17) is 14.1 Å². The molecule has 7 heteroatoms. The molecule has 0 bridgehead atoms. The van der Waals surface area contributed by atoms with Crippen LogP contribution in [0, 0.1) is 0 Å². The van der Waals surface area contributed by atoms with Gasteiger partial charge in [-0.2, -0.15) is 0 Å². The van der Waals surface area contributed by atoms with E-state index in [1.54, 1.807) is 37.3 Å². The molecule has 128 valence electrons. The van der Waals surface area contributed by atoms with Crippen LogP contribution >= 0.6 is 0 Å². The molecule has 3 aromatic rings. The van der Waals surface area contributed by atoms with E-state index < -0.39 is 0 Å². The van der Waals surface area contributed by atoms with E-state index in [1.807, 2.05) is 6.07 Å². The molecule has 1 aliphatic rings. The molecule has 0 unspecified atom stereocenters. The van der Waals surface area contributed by atoms with Crippen molar-refractivity contribution in [1.29, 1.82) is 0 Å². The molecule has 2 atom stereocenters. The molecular formula is C18H19N5O2. The Morgan fingerprint density at radius 2 is 1.92 bits per heavy atom. The predicted molar refractivity (Wildman–Crippen MR) is 93.0 cm³/mol. The molecule has 0 aromatic carbocycles. The summed E-state index contributed by atoms with van der Waals surface area (Å²) in [7, 11) is 0.